The summed E-state index contributed by atoms with van der Waals surface area (Å²) in [6, 6.07) is 5.23. The van der Waals surface area contributed by atoms with Gasteiger partial charge in [-0.2, -0.15) is 0 Å². The van der Waals surface area contributed by atoms with Gasteiger partial charge in [0.15, 0.2) is 0 Å². The highest BCUT2D eigenvalue weighted by Crippen LogP contribution is 2.26. The van der Waals surface area contributed by atoms with Gasteiger partial charge in [0, 0.05) is 16.6 Å². The van der Waals surface area contributed by atoms with E-state index in [9.17, 15) is 4.79 Å². The fourth-order valence-electron chi connectivity index (χ4n) is 2.20. The molecule has 1 atom stereocenters. The fraction of sp³-hybridized carbons (Fsp3) is 0.438. The lowest BCUT2D eigenvalue weighted by Gasteiger charge is -2.39. The summed E-state index contributed by atoms with van der Waals surface area (Å²) in [5.41, 5.74) is 0. The molecule has 1 heterocycles. The van der Waals surface area contributed by atoms with E-state index in [1.807, 2.05) is 11.0 Å². The average molecular weight is 328 g/mol. The Morgan fingerprint density at radius 2 is 2.00 bits per heavy atom. The number of amides is 1. The van der Waals surface area contributed by atoms with Crippen LogP contribution in [0.15, 0.2) is 30.4 Å². The normalized spacial score (nSPS) is 18.1. The number of rotatable bonds is 7. The van der Waals surface area contributed by atoms with Crippen LogP contribution in [-0.4, -0.2) is 30.0 Å². The number of unbranched alkanes of at least 4 members (excludes halogenated alkanes) is 1. The van der Waals surface area contributed by atoms with Crippen molar-refractivity contribution in [3.63, 3.8) is 0 Å². The predicted octanol–water partition coefficient (Wildman–Crippen LogP) is 4.33. The van der Waals surface area contributed by atoms with Crippen molar-refractivity contribution in [2.45, 2.75) is 32.2 Å². The first-order chi connectivity index (χ1) is 10.1. The maximum atomic E-state index is 11.6. The van der Waals surface area contributed by atoms with Gasteiger partial charge in [-0.1, -0.05) is 48.7 Å². The molecule has 3 nitrogen and oxygen atoms in total. The predicted molar refractivity (Wildman–Crippen MR) is 86.1 cm³/mol. The Balaban J connectivity index is 1.83. The molecule has 0 aliphatic carbocycles. The zero-order chi connectivity index (χ0) is 15.2. The molecule has 1 aliphatic heterocycles. The van der Waals surface area contributed by atoms with Crippen LogP contribution in [0.1, 0.15) is 26.2 Å². The quantitative estimate of drug-likeness (QED) is 0.551. The van der Waals surface area contributed by atoms with Crippen molar-refractivity contribution < 1.29 is 9.53 Å². The lowest BCUT2D eigenvalue weighted by atomic mass is 10.0. The summed E-state index contributed by atoms with van der Waals surface area (Å²) < 4.78 is 5.69. The molecular weight excluding hydrogens is 309 g/mol. The Morgan fingerprint density at radius 1 is 1.29 bits per heavy atom. The molecule has 1 fully saturated rings. The Labute approximate surface area is 135 Å². The van der Waals surface area contributed by atoms with Gasteiger partial charge in [-0.25, -0.2) is 0 Å². The van der Waals surface area contributed by atoms with Crippen LogP contribution >= 0.6 is 23.2 Å². The average Bonchev–Trinajstić information content (AvgIpc) is 2.42. The van der Waals surface area contributed by atoms with Crippen molar-refractivity contribution in [1.82, 2.24) is 4.90 Å². The first-order valence-electron chi connectivity index (χ1n) is 7.13. The molecule has 0 radical (unpaired) electrons. The van der Waals surface area contributed by atoms with E-state index in [2.05, 4.69) is 13.0 Å². The smallest absolute Gasteiger partial charge is 0.225 e. The van der Waals surface area contributed by atoms with E-state index in [4.69, 9.17) is 27.9 Å². The maximum Gasteiger partial charge on any atom is 0.225 e. The number of ether oxygens (including phenoxy) is 1. The van der Waals surface area contributed by atoms with E-state index in [1.165, 1.54) is 0 Å². The third-order valence-corrected chi connectivity index (χ3v) is 3.81. The van der Waals surface area contributed by atoms with Crippen molar-refractivity contribution in [2.24, 2.45) is 0 Å². The number of likely N-dealkylation sites (tertiary alicyclic amines) is 1. The van der Waals surface area contributed by atoms with E-state index < -0.39 is 0 Å². The zero-order valence-electron chi connectivity index (χ0n) is 12.0. The Kier molecular flexibility index (Phi) is 5.95. The topological polar surface area (TPSA) is 29.5 Å². The minimum absolute atomic E-state index is 0.126. The molecular formula is C16H19Cl2NO2. The van der Waals surface area contributed by atoms with Crippen molar-refractivity contribution in [3.8, 4) is 5.75 Å². The lowest BCUT2D eigenvalue weighted by molar-refractivity contribution is -0.146. The van der Waals surface area contributed by atoms with Gasteiger partial charge in [0.25, 0.3) is 0 Å². The Hall–Kier alpha value is -1.19. The Morgan fingerprint density at radius 3 is 2.62 bits per heavy atom. The molecule has 5 heteroatoms. The van der Waals surface area contributed by atoms with Gasteiger partial charge < -0.3 is 9.64 Å². The third kappa shape index (κ3) is 4.65. The zero-order valence-corrected chi connectivity index (χ0v) is 13.5. The van der Waals surface area contributed by atoms with Crippen molar-refractivity contribution in [2.75, 3.05) is 13.2 Å². The number of hydrogen-bond donors (Lipinski definition) is 0. The molecule has 21 heavy (non-hydrogen) atoms. The van der Waals surface area contributed by atoms with Crippen LogP contribution in [-0.2, 0) is 4.79 Å². The second-order valence-corrected chi connectivity index (χ2v) is 5.95. The van der Waals surface area contributed by atoms with Crippen molar-refractivity contribution in [1.29, 1.82) is 0 Å². The summed E-state index contributed by atoms with van der Waals surface area (Å²) in [6.07, 6.45) is 6.86. The molecule has 1 aromatic rings. The van der Waals surface area contributed by atoms with Gasteiger partial charge in [0.1, 0.15) is 12.4 Å². The summed E-state index contributed by atoms with van der Waals surface area (Å²) >= 11 is 11.9. The van der Waals surface area contributed by atoms with E-state index in [0.29, 0.717) is 35.4 Å². The summed E-state index contributed by atoms with van der Waals surface area (Å²) in [7, 11) is 0. The van der Waals surface area contributed by atoms with Crippen LogP contribution in [0, 0.1) is 0 Å². The van der Waals surface area contributed by atoms with Crippen LogP contribution in [0.5, 0.6) is 5.75 Å². The second kappa shape index (κ2) is 7.71. The minimum Gasteiger partial charge on any atom is -0.491 e. The number of allylic oxidation sites excluding steroid dienone is 1. The van der Waals surface area contributed by atoms with Gasteiger partial charge in [0.2, 0.25) is 5.91 Å². The van der Waals surface area contributed by atoms with Crippen LogP contribution in [0.2, 0.25) is 10.0 Å². The first kappa shape index (κ1) is 16.2. The van der Waals surface area contributed by atoms with Gasteiger partial charge in [0.05, 0.1) is 12.5 Å². The van der Waals surface area contributed by atoms with Gasteiger partial charge in [-0.3, -0.25) is 4.79 Å². The van der Waals surface area contributed by atoms with Crippen LogP contribution in [0.25, 0.3) is 0 Å². The highest BCUT2D eigenvalue weighted by Gasteiger charge is 2.35. The van der Waals surface area contributed by atoms with Gasteiger partial charge in [-0.15, -0.1) is 0 Å². The SMILES string of the molecule is CCC/C=C\CN1C(=O)C[C@@H]1COc1cc(Cl)cc(Cl)c1. The highest BCUT2D eigenvalue weighted by atomic mass is 35.5. The molecule has 1 aliphatic rings. The molecule has 0 bridgehead atoms. The Bertz CT molecular complexity index is 511. The highest BCUT2D eigenvalue weighted by molar-refractivity contribution is 6.34. The lowest BCUT2D eigenvalue weighted by Crippen LogP contribution is -2.55. The number of β-lactam (4-membered cyclic amide) rings is 1. The third-order valence-electron chi connectivity index (χ3n) is 3.37. The molecule has 0 saturated carbocycles. The molecule has 1 amide bonds. The molecule has 114 valence electrons. The first-order valence-corrected chi connectivity index (χ1v) is 7.89. The van der Waals surface area contributed by atoms with E-state index in [-0.39, 0.29) is 11.9 Å². The summed E-state index contributed by atoms with van der Waals surface area (Å²) in [6.45, 7) is 3.25. The molecule has 1 aromatic carbocycles. The fourth-order valence-corrected chi connectivity index (χ4v) is 2.70. The van der Waals surface area contributed by atoms with Crippen molar-refractivity contribution in [3.05, 3.63) is 40.4 Å². The standard InChI is InChI=1S/C16H19Cl2NO2/c1-2-3-4-5-6-19-14(10-16(19)20)11-21-15-8-12(17)7-13(18)9-15/h4-5,7-9,14H,2-3,6,10-11H2,1H3/b5-4-/t14-/m1/s1. The monoisotopic (exact) mass is 327 g/mol. The number of benzene rings is 1. The second-order valence-electron chi connectivity index (χ2n) is 5.08. The summed E-state index contributed by atoms with van der Waals surface area (Å²) in [4.78, 5) is 13.5. The van der Waals surface area contributed by atoms with E-state index in [1.54, 1.807) is 18.2 Å². The number of carbonyl (C=O) groups is 1. The number of carbonyl (C=O) groups excluding carboxylic acids is 1. The largest absolute Gasteiger partial charge is 0.491 e. The number of nitrogens with zero attached hydrogens (tertiary/aromatic N) is 1. The minimum atomic E-state index is 0.126. The van der Waals surface area contributed by atoms with Gasteiger partial charge >= 0.3 is 0 Å². The summed E-state index contributed by atoms with van der Waals surface area (Å²) in [5, 5.41) is 1.09. The van der Waals surface area contributed by atoms with E-state index >= 15 is 0 Å². The molecule has 2 rings (SSSR count). The van der Waals surface area contributed by atoms with Crippen LogP contribution in [0.3, 0.4) is 0 Å². The number of halogens is 2. The van der Waals surface area contributed by atoms with E-state index in [0.717, 1.165) is 12.8 Å². The maximum absolute atomic E-state index is 11.6. The molecule has 0 aromatic heterocycles. The van der Waals surface area contributed by atoms with Gasteiger partial charge in [-0.05, 0) is 24.6 Å². The summed E-state index contributed by atoms with van der Waals surface area (Å²) in [5.74, 6) is 0.808. The molecule has 0 unspecified atom stereocenters. The van der Waals surface area contributed by atoms with Crippen LogP contribution in [0.4, 0.5) is 0 Å². The van der Waals surface area contributed by atoms with Crippen molar-refractivity contribution >= 4 is 29.1 Å². The molecule has 1 saturated heterocycles. The molecule has 0 N–H and O–H groups in total. The molecule has 0 spiro atoms. The number of hydrogen-bond acceptors (Lipinski definition) is 2. The van der Waals surface area contributed by atoms with Crippen LogP contribution < -0.4 is 4.74 Å².